The van der Waals surface area contributed by atoms with Crippen molar-refractivity contribution in [3.63, 3.8) is 0 Å². The summed E-state index contributed by atoms with van der Waals surface area (Å²) in [6, 6.07) is 9.13. The van der Waals surface area contributed by atoms with Crippen LogP contribution in [0, 0.1) is 25.5 Å². The van der Waals surface area contributed by atoms with Crippen molar-refractivity contribution in [1.29, 1.82) is 0 Å². The first-order valence-electron chi connectivity index (χ1n) is 5.64. The Morgan fingerprint density at radius 1 is 0.833 bits per heavy atom. The second-order valence-electron chi connectivity index (χ2n) is 4.41. The largest absolute Gasteiger partial charge is 0.207 e. The van der Waals surface area contributed by atoms with Crippen molar-refractivity contribution in [3.05, 3.63) is 70.3 Å². The minimum Gasteiger partial charge on any atom is -0.207 e. The summed E-state index contributed by atoms with van der Waals surface area (Å²) in [5, 5.41) is -0.547. The molecule has 18 heavy (non-hydrogen) atoms. The highest BCUT2D eigenvalue weighted by atomic mass is 35.5. The van der Waals surface area contributed by atoms with E-state index in [1.807, 2.05) is 32.0 Å². The van der Waals surface area contributed by atoms with Crippen LogP contribution in [0.25, 0.3) is 0 Å². The molecule has 0 fully saturated rings. The summed E-state index contributed by atoms with van der Waals surface area (Å²) in [4.78, 5) is 0. The average Bonchev–Trinajstić information content (AvgIpc) is 2.30. The smallest absolute Gasteiger partial charge is 0.126 e. The van der Waals surface area contributed by atoms with Gasteiger partial charge in [0.2, 0.25) is 0 Å². The van der Waals surface area contributed by atoms with Gasteiger partial charge in [0.25, 0.3) is 0 Å². The van der Waals surface area contributed by atoms with E-state index in [1.165, 1.54) is 12.1 Å². The molecule has 2 aromatic carbocycles. The maximum Gasteiger partial charge on any atom is 0.126 e. The van der Waals surface area contributed by atoms with Crippen LogP contribution in [0.4, 0.5) is 8.78 Å². The highest BCUT2D eigenvalue weighted by Gasteiger charge is 2.13. The van der Waals surface area contributed by atoms with E-state index in [4.69, 9.17) is 11.6 Å². The van der Waals surface area contributed by atoms with Gasteiger partial charge in [-0.2, -0.15) is 0 Å². The Morgan fingerprint density at radius 3 is 2.00 bits per heavy atom. The number of halogens is 3. The first-order chi connectivity index (χ1) is 8.47. The predicted octanol–water partition coefficient (Wildman–Crippen LogP) is 4.91. The third-order valence-electron chi connectivity index (χ3n) is 3.00. The summed E-state index contributed by atoms with van der Waals surface area (Å²) >= 11 is 6.27. The Labute approximate surface area is 110 Å². The molecule has 0 aliphatic carbocycles. The molecule has 0 saturated heterocycles. The van der Waals surface area contributed by atoms with E-state index < -0.39 is 17.0 Å². The molecule has 1 unspecified atom stereocenters. The van der Waals surface area contributed by atoms with E-state index in [-0.39, 0.29) is 0 Å². The summed E-state index contributed by atoms with van der Waals surface area (Å²) in [5.74, 6) is -1.22. The first-order valence-corrected chi connectivity index (χ1v) is 6.08. The first kappa shape index (κ1) is 13.0. The van der Waals surface area contributed by atoms with Crippen molar-refractivity contribution in [3.8, 4) is 0 Å². The quantitative estimate of drug-likeness (QED) is 0.678. The maximum atomic E-state index is 13.1. The standard InChI is InChI=1S/C15H13ClF2/c1-9-3-4-11(5-10(9)2)15(16)12-6-13(17)8-14(18)7-12/h3-8,15H,1-2H3. The Kier molecular flexibility index (Phi) is 3.67. The predicted molar refractivity (Wildman–Crippen MR) is 70.0 cm³/mol. The summed E-state index contributed by atoms with van der Waals surface area (Å²) < 4.78 is 26.3. The van der Waals surface area contributed by atoms with E-state index >= 15 is 0 Å². The topological polar surface area (TPSA) is 0 Å². The van der Waals surface area contributed by atoms with Crippen LogP contribution in [0.5, 0.6) is 0 Å². The monoisotopic (exact) mass is 266 g/mol. The molecule has 94 valence electrons. The molecule has 2 rings (SSSR count). The molecular weight excluding hydrogens is 254 g/mol. The number of hydrogen-bond donors (Lipinski definition) is 0. The summed E-state index contributed by atoms with van der Waals surface area (Å²) in [6.45, 7) is 3.98. The average molecular weight is 267 g/mol. The Hall–Kier alpha value is -1.41. The molecule has 1 atom stereocenters. The zero-order valence-corrected chi connectivity index (χ0v) is 10.9. The van der Waals surface area contributed by atoms with E-state index in [0.717, 1.165) is 22.8 Å². The lowest BCUT2D eigenvalue weighted by molar-refractivity contribution is 0.580. The van der Waals surface area contributed by atoms with Gasteiger partial charge in [-0.3, -0.25) is 0 Å². The number of hydrogen-bond acceptors (Lipinski definition) is 0. The van der Waals surface area contributed by atoms with E-state index in [0.29, 0.717) is 5.56 Å². The fourth-order valence-corrected chi connectivity index (χ4v) is 2.10. The SMILES string of the molecule is Cc1ccc(C(Cl)c2cc(F)cc(F)c2)cc1C. The van der Waals surface area contributed by atoms with Crippen molar-refractivity contribution in [2.24, 2.45) is 0 Å². The fraction of sp³-hybridized carbons (Fsp3) is 0.200. The molecule has 0 aliphatic heterocycles. The Bertz CT molecular complexity index is 558. The van der Waals surface area contributed by atoms with Gasteiger partial charge in [-0.1, -0.05) is 18.2 Å². The molecule has 0 aliphatic rings. The van der Waals surface area contributed by atoms with Crippen LogP contribution in [0.1, 0.15) is 27.6 Å². The number of aryl methyl sites for hydroxylation is 2. The summed E-state index contributed by atoms with van der Waals surface area (Å²) in [7, 11) is 0. The maximum absolute atomic E-state index is 13.1. The molecule has 0 radical (unpaired) electrons. The van der Waals surface area contributed by atoms with Gasteiger partial charge in [0.05, 0.1) is 5.38 Å². The van der Waals surface area contributed by atoms with Gasteiger partial charge in [0.1, 0.15) is 11.6 Å². The lowest BCUT2D eigenvalue weighted by atomic mass is 10.00. The molecule has 0 aromatic heterocycles. The van der Waals surface area contributed by atoms with Crippen LogP contribution in [0.2, 0.25) is 0 Å². The van der Waals surface area contributed by atoms with Gasteiger partial charge in [0, 0.05) is 6.07 Å². The van der Waals surface area contributed by atoms with Crippen molar-refractivity contribution >= 4 is 11.6 Å². The van der Waals surface area contributed by atoms with Crippen LogP contribution in [0.3, 0.4) is 0 Å². The van der Waals surface area contributed by atoms with E-state index in [1.54, 1.807) is 0 Å². The molecule has 2 aromatic rings. The minimum atomic E-state index is -0.612. The molecule has 0 heterocycles. The molecule has 0 nitrogen and oxygen atoms in total. The normalized spacial score (nSPS) is 12.5. The Balaban J connectivity index is 2.40. The third-order valence-corrected chi connectivity index (χ3v) is 3.51. The lowest BCUT2D eigenvalue weighted by Crippen LogP contribution is -1.97. The molecule has 0 bridgehead atoms. The van der Waals surface area contributed by atoms with Gasteiger partial charge >= 0.3 is 0 Å². The van der Waals surface area contributed by atoms with Crippen molar-refractivity contribution in [2.45, 2.75) is 19.2 Å². The van der Waals surface area contributed by atoms with Crippen LogP contribution in [-0.2, 0) is 0 Å². The van der Waals surface area contributed by atoms with Gasteiger partial charge in [-0.25, -0.2) is 8.78 Å². The second kappa shape index (κ2) is 5.07. The second-order valence-corrected chi connectivity index (χ2v) is 4.85. The summed E-state index contributed by atoms with van der Waals surface area (Å²) in [6.07, 6.45) is 0. The molecular formula is C15H13ClF2. The highest BCUT2D eigenvalue weighted by molar-refractivity contribution is 6.22. The molecule has 0 N–H and O–H groups in total. The zero-order chi connectivity index (χ0) is 13.3. The van der Waals surface area contributed by atoms with E-state index in [2.05, 4.69) is 0 Å². The van der Waals surface area contributed by atoms with Crippen LogP contribution in [-0.4, -0.2) is 0 Å². The molecule has 3 heteroatoms. The highest BCUT2D eigenvalue weighted by Crippen LogP contribution is 2.30. The van der Waals surface area contributed by atoms with Crippen LogP contribution >= 0.6 is 11.6 Å². The number of benzene rings is 2. The minimum absolute atomic E-state index is 0.428. The molecule has 0 amide bonds. The van der Waals surface area contributed by atoms with Crippen molar-refractivity contribution in [1.82, 2.24) is 0 Å². The van der Waals surface area contributed by atoms with Gasteiger partial charge < -0.3 is 0 Å². The third kappa shape index (κ3) is 2.70. The fourth-order valence-electron chi connectivity index (χ4n) is 1.84. The lowest BCUT2D eigenvalue weighted by Gasteiger charge is -2.12. The van der Waals surface area contributed by atoms with Gasteiger partial charge in [-0.05, 0) is 48.2 Å². The van der Waals surface area contributed by atoms with E-state index in [9.17, 15) is 8.78 Å². The summed E-state index contributed by atoms with van der Waals surface area (Å²) in [5.41, 5.74) is 3.53. The van der Waals surface area contributed by atoms with Crippen molar-refractivity contribution in [2.75, 3.05) is 0 Å². The van der Waals surface area contributed by atoms with Crippen LogP contribution < -0.4 is 0 Å². The Morgan fingerprint density at radius 2 is 1.44 bits per heavy atom. The van der Waals surface area contributed by atoms with Gasteiger partial charge in [0.15, 0.2) is 0 Å². The zero-order valence-electron chi connectivity index (χ0n) is 10.2. The molecule has 0 spiro atoms. The van der Waals surface area contributed by atoms with Gasteiger partial charge in [-0.15, -0.1) is 11.6 Å². The van der Waals surface area contributed by atoms with Crippen LogP contribution in [0.15, 0.2) is 36.4 Å². The number of rotatable bonds is 2. The number of alkyl halides is 1. The molecule has 0 saturated carbocycles. The van der Waals surface area contributed by atoms with Crippen molar-refractivity contribution < 1.29 is 8.78 Å².